The van der Waals surface area contributed by atoms with Crippen molar-refractivity contribution >= 4 is 23.1 Å². The van der Waals surface area contributed by atoms with Crippen molar-refractivity contribution < 1.29 is 4.39 Å². The lowest BCUT2D eigenvalue weighted by atomic mass is 10.1. The van der Waals surface area contributed by atoms with Crippen LogP contribution < -0.4 is 5.32 Å². The average molecular weight is 321 g/mol. The molecule has 0 bridgehead atoms. The van der Waals surface area contributed by atoms with Crippen molar-refractivity contribution in [1.82, 2.24) is 5.32 Å². The van der Waals surface area contributed by atoms with E-state index in [1.54, 1.807) is 17.4 Å². The Hall–Kier alpha value is -0.840. The van der Waals surface area contributed by atoms with E-state index in [4.69, 9.17) is 0 Å². The zero-order valence-corrected chi connectivity index (χ0v) is 13.6. The molecule has 0 saturated carbocycles. The molecule has 1 atom stereocenters. The zero-order chi connectivity index (χ0) is 14.5. The molecule has 1 aliphatic rings. The van der Waals surface area contributed by atoms with Crippen LogP contribution in [0.1, 0.15) is 24.8 Å². The number of benzene rings is 1. The molecule has 1 aromatic heterocycles. The summed E-state index contributed by atoms with van der Waals surface area (Å²) in [6.07, 6.45) is 4.04. The van der Waals surface area contributed by atoms with E-state index in [-0.39, 0.29) is 5.82 Å². The summed E-state index contributed by atoms with van der Waals surface area (Å²) in [5, 5.41) is 6.26. The second-order valence-electron chi connectivity index (χ2n) is 5.41. The minimum atomic E-state index is -0.135. The quantitative estimate of drug-likeness (QED) is 0.838. The first-order valence-corrected chi connectivity index (χ1v) is 9.40. The number of rotatable bonds is 5. The van der Waals surface area contributed by atoms with E-state index in [9.17, 15) is 4.39 Å². The summed E-state index contributed by atoms with van der Waals surface area (Å²) in [4.78, 5) is 0.997. The van der Waals surface area contributed by atoms with Gasteiger partial charge in [0, 0.05) is 28.8 Å². The van der Waals surface area contributed by atoms with E-state index < -0.39 is 0 Å². The molecule has 1 N–H and O–H groups in total. The number of thioether (sulfide) groups is 1. The maximum Gasteiger partial charge on any atom is 0.131 e. The number of hydrogen-bond acceptors (Lipinski definition) is 3. The Balaban J connectivity index is 1.59. The van der Waals surface area contributed by atoms with Crippen molar-refractivity contribution in [3.05, 3.63) is 47.1 Å². The first-order chi connectivity index (χ1) is 10.3. The normalized spacial score (nSPS) is 18.8. The minimum Gasteiger partial charge on any atom is -0.312 e. The molecular weight excluding hydrogens is 301 g/mol. The summed E-state index contributed by atoms with van der Waals surface area (Å²) >= 11 is 3.66. The molecule has 1 unspecified atom stereocenters. The van der Waals surface area contributed by atoms with Crippen LogP contribution in [-0.2, 0) is 6.54 Å². The fourth-order valence-electron chi connectivity index (χ4n) is 2.65. The van der Waals surface area contributed by atoms with Gasteiger partial charge in [-0.15, -0.1) is 11.3 Å². The third kappa shape index (κ3) is 4.09. The van der Waals surface area contributed by atoms with Crippen LogP contribution in [0.3, 0.4) is 0 Å². The Bertz CT molecular complexity index is 562. The van der Waals surface area contributed by atoms with Crippen molar-refractivity contribution in [3.63, 3.8) is 0 Å². The van der Waals surface area contributed by atoms with Gasteiger partial charge in [0.1, 0.15) is 5.82 Å². The van der Waals surface area contributed by atoms with Gasteiger partial charge in [-0.2, -0.15) is 11.8 Å². The van der Waals surface area contributed by atoms with Crippen LogP contribution in [-0.4, -0.2) is 17.5 Å². The molecule has 0 spiro atoms. The fourth-order valence-corrected chi connectivity index (χ4v) is 4.67. The lowest BCUT2D eigenvalue weighted by Gasteiger charge is -2.21. The van der Waals surface area contributed by atoms with Gasteiger partial charge in [-0.25, -0.2) is 4.39 Å². The molecule has 112 valence electrons. The first kappa shape index (κ1) is 15.1. The number of halogens is 1. The van der Waals surface area contributed by atoms with E-state index in [2.05, 4.69) is 17.1 Å². The van der Waals surface area contributed by atoms with Crippen molar-refractivity contribution in [2.75, 3.05) is 12.3 Å². The summed E-state index contributed by atoms with van der Waals surface area (Å²) in [5.74, 6) is 1.16. The molecule has 2 heterocycles. The van der Waals surface area contributed by atoms with Crippen molar-refractivity contribution in [2.24, 2.45) is 0 Å². The third-order valence-corrected chi connectivity index (χ3v) is 6.09. The van der Waals surface area contributed by atoms with Gasteiger partial charge in [0.2, 0.25) is 0 Å². The highest BCUT2D eigenvalue weighted by Crippen LogP contribution is 2.28. The van der Waals surface area contributed by atoms with Crippen LogP contribution in [0.4, 0.5) is 4.39 Å². The van der Waals surface area contributed by atoms with Gasteiger partial charge in [0.05, 0.1) is 0 Å². The highest BCUT2D eigenvalue weighted by Gasteiger charge is 2.13. The fraction of sp³-hybridized carbons (Fsp3) is 0.412. The zero-order valence-electron chi connectivity index (χ0n) is 12.0. The molecule has 3 rings (SSSR count). The van der Waals surface area contributed by atoms with Crippen LogP contribution in [0.25, 0.3) is 10.4 Å². The van der Waals surface area contributed by atoms with Crippen LogP contribution in [0.5, 0.6) is 0 Å². The Labute approximate surface area is 134 Å². The molecule has 1 aliphatic heterocycles. The van der Waals surface area contributed by atoms with Gasteiger partial charge in [0.15, 0.2) is 0 Å². The van der Waals surface area contributed by atoms with Crippen LogP contribution in [0.15, 0.2) is 35.7 Å². The van der Waals surface area contributed by atoms with E-state index >= 15 is 0 Å². The van der Waals surface area contributed by atoms with Gasteiger partial charge in [-0.3, -0.25) is 0 Å². The molecule has 4 heteroatoms. The Kier molecular flexibility index (Phi) is 5.33. The number of thiophene rings is 1. The van der Waals surface area contributed by atoms with Crippen molar-refractivity contribution in [1.29, 1.82) is 0 Å². The van der Waals surface area contributed by atoms with Crippen molar-refractivity contribution in [2.45, 2.75) is 31.1 Å². The van der Waals surface area contributed by atoms with Crippen LogP contribution >= 0.6 is 23.1 Å². The summed E-state index contributed by atoms with van der Waals surface area (Å²) in [6.45, 7) is 1.87. The van der Waals surface area contributed by atoms with Crippen LogP contribution in [0, 0.1) is 5.82 Å². The van der Waals surface area contributed by atoms with E-state index in [0.717, 1.165) is 34.3 Å². The molecule has 0 radical (unpaired) electrons. The minimum absolute atomic E-state index is 0.135. The lowest BCUT2D eigenvalue weighted by Crippen LogP contribution is -2.26. The molecule has 0 aliphatic carbocycles. The molecule has 1 nitrogen and oxygen atoms in total. The summed E-state index contributed by atoms with van der Waals surface area (Å²) in [5.41, 5.74) is 1.87. The maximum atomic E-state index is 13.9. The molecule has 21 heavy (non-hydrogen) atoms. The van der Waals surface area contributed by atoms with Crippen molar-refractivity contribution in [3.8, 4) is 10.4 Å². The second kappa shape index (κ2) is 7.43. The van der Waals surface area contributed by atoms with Crippen LogP contribution in [0.2, 0.25) is 0 Å². The summed E-state index contributed by atoms with van der Waals surface area (Å²) in [6, 6.07) is 9.38. The SMILES string of the molecule is Fc1ccc(CNCC2CCCCS2)cc1-c1cccs1. The van der Waals surface area contributed by atoms with Gasteiger partial charge in [-0.1, -0.05) is 18.6 Å². The van der Waals surface area contributed by atoms with Gasteiger partial charge in [0.25, 0.3) is 0 Å². The molecule has 0 amide bonds. The highest BCUT2D eigenvalue weighted by molar-refractivity contribution is 7.99. The molecule has 1 aromatic carbocycles. The highest BCUT2D eigenvalue weighted by atomic mass is 32.2. The maximum absolute atomic E-state index is 13.9. The summed E-state index contributed by atoms with van der Waals surface area (Å²) in [7, 11) is 0. The predicted octanol–water partition coefficient (Wildman–Crippen LogP) is 4.93. The first-order valence-electron chi connectivity index (χ1n) is 7.47. The lowest BCUT2D eigenvalue weighted by molar-refractivity contribution is 0.596. The molecular formula is C17H20FNS2. The van der Waals surface area contributed by atoms with E-state index in [1.807, 2.05) is 29.6 Å². The standard InChI is InChI=1S/C17H20FNS2/c18-16-7-6-13(10-15(16)17-5-3-9-21-17)11-19-12-14-4-1-2-8-20-14/h3,5-7,9-10,14,19H,1-2,4,8,11-12H2. The third-order valence-electron chi connectivity index (χ3n) is 3.79. The largest absolute Gasteiger partial charge is 0.312 e. The van der Waals surface area contributed by atoms with Gasteiger partial charge in [-0.05, 0) is 47.7 Å². The number of nitrogens with one attached hydrogen (secondary N) is 1. The average Bonchev–Trinajstić information content (AvgIpc) is 3.04. The topological polar surface area (TPSA) is 12.0 Å². The molecule has 1 saturated heterocycles. The Morgan fingerprint density at radius 2 is 2.19 bits per heavy atom. The summed E-state index contributed by atoms with van der Waals surface area (Å²) < 4.78 is 13.9. The Morgan fingerprint density at radius 1 is 1.24 bits per heavy atom. The smallest absolute Gasteiger partial charge is 0.131 e. The van der Waals surface area contributed by atoms with E-state index in [0.29, 0.717) is 0 Å². The predicted molar refractivity (Wildman–Crippen MR) is 91.5 cm³/mol. The molecule has 2 aromatic rings. The van der Waals surface area contributed by atoms with Gasteiger partial charge < -0.3 is 5.32 Å². The van der Waals surface area contributed by atoms with E-state index in [1.165, 1.54) is 25.0 Å². The molecule has 1 fully saturated rings. The monoisotopic (exact) mass is 321 g/mol. The second-order valence-corrected chi connectivity index (χ2v) is 7.77. The Morgan fingerprint density at radius 3 is 2.95 bits per heavy atom. The number of hydrogen-bond donors (Lipinski definition) is 1. The van der Waals surface area contributed by atoms with Gasteiger partial charge >= 0.3 is 0 Å².